The summed E-state index contributed by atoms with van der Waals surface area (Å²) < 4.78 is 5.94. The van der Waals surface area contributed by atoms with Crippen molar-refractivity contribution in [1.82, 2.24) is 10.5 Å². The largest absolute Gasteiger partial charge is 0.367 e. The first-order chi connectivity index (χ1) is 9.52. The summed E-state index contributed by atoms with van der Waals surface area (Å²) in [7, 11) is 0. The fourth-order valence-electron chi connectivity index (χ4n) is 1.93. The van der Waals surface area contributed by atoms with Crippen molar-refractivity contribution in [2.45, 2.75) is 32.7 Å². The summed E-state index contributed by atoms with van der Waals surface area (Å²) in [6, 6.07) is 3.86. The van der Waals surface area contributed by atoms with Crippen LogP contribution in [0.4, 0.5) is 5.88 Å². The van der Waals surface area contributed by atoms with E-state index in [2.05, 4.69) is 33.3 Å². The van der Waals surface area contributed by atoms with Gasteiger partial charge in [0.15, 0.2) is 0 Å². The van der Waals surface area contributed by atoms with Crippen LogP contribution < -0.4 is 11.1 Å². The van der Waals surface area contributed by atoms with Crippen LogP contribution in [0.2, 0.25) is 0 Å². The van der Waals surface area contributed by atoms with Crippen molar-refractivity contribution >= 4 is 39.1 Å². The number of hydrogen-bond acceptors (Lipinski definition) is 5. The molecule has 7 heteroatoms. The van der Waals surface area contributed by atoms with Crippen molar-refractivity contribution in [1.29, 1.82) is 0 Å². The van der Waals surface area contributed by atoms with Gasteiger partial charge in [0.1, 0.15) is 11.3 Å². The van der Waals surface area contributed by atoms with E-state index in [0.29, 0.717) is 11.3 Å². The Morgan fingerprint density at radius 2 is 2.35 bits per heavy atom. The van der Waals surface area contributed by atoms with Gasteiger partial charge in [-0.25, -0.2) is 0 Å². The molecule has 2 aromatic rings. The first-order valence-corrected chi connectivity index (χ1v) is 7.95. The van der Waals surface area contributed by atoms with Crippen LogP contribution in [-0.4, -0.2) is 17.1 Å². The number of rotatable bonds is 5. The van der Waals surface area contributed by atoms with E-state index in [0.717, 1.165) is 21.5 Å². The van der Waals surface area contributed by atoms with Crippen molar-refractivity contribution in [2.75, 3.05) is 5.73 Å². The summed E-state index contributed by atoms with van der Waals surface area (Å²) in [5, 5.41) is 6.82. The first-order valence-electron chi connectivity index (χ1n) is 6.34. The Balaban J connectivity index is 2.27. The van der Waals surface area contributed by atoms with Crippen LogP contribution in [0.3, 0.4) is 0 Å². The lowest BCUT2D eigenvalue weighted by atomic mass is 10.1. The molecule has 5 nitrogen and oxygen atoms in total. The second kappa shape index (κ2) is 6.41. The zero-order valence-corrected chi connectivity index (χ0v) is 13.7. The molecule has 0 aliphatic rings. The Bertz CT molecular complexity index is 609. The highest BCUT2D eigenvalue weighted by molar-refractivity contribution is 9.11. The summed E-state index contributed by atoms with van der Waals surface area (Å²) in [5.41, 5.74) is 6.53. The number of nitrogen functional groups attached to an aromatic ring is 1. The Labute approximate surface area is 129 Å². The molecule has 1 amide bonds. The molecule has 2 aromatic heterocycles. The van der Waals surface area contributed by atoms with E-state index < -0.39 is 0 Å². The van der Waals surface area contributed by atoms with Gasteiger partial charge < -0.3 is 15.6 Å². The molecule has 0 spiro atoms. The zero-order valence-electron chi connectivity index (χ0n) is 11.3. The van der Waals surface area contributed by atoms with Gasteiger partial charge in [-0.15, -0.1) is 11.3 Å². The van der Waals surface area contributed by atoms with Crippen molar-refractivity contribution in [3.8, 4) is 10.6 Å². The lowest BCUT2D eigenvalue weighted by molar-refractivity contribution is 0.0939. The molecule has 0 aromatic carbocycles. The molecule has 0 aliphatic carbocycles. The smallest absolute Gasteiger partial charge is 0.259 e. The van der Waals surface area contributed by atoms with Gasteiger partial charge in [-0.1, -0.05) is 18.5 Å². The third-order valence-corrected chi connectivity index (χ3v) is 4.48. The summed E-state index contributed by atoms with van der Waals surface area (Å²) in [6.07, 6.45) is 1.92. The molecule has 0 radical (unpaired) electrons. The van der Waals surface area contributed by atoms with Gasteiger partial charge in [0.25, 0.3) is 5.91 Å². The predicted molar refractivity (Wildman–Crippen MR) is 83.8 cm³/mol. The van der Waals surface area contributed by atoms with Gasteiger partial charge in [-0.3, -0.25) is 4.79 Å². The molecule has 0 saturated carbocycles. The van der Waals surface area contributed by atoms with Crippen molar-refractivity contribution in [3.63, 3.8) is 0 Å². The maximum Gasteiger partial charge on any atom is 0.259 e. The highest BCUT2D eigenvalue weighted by Crippen LogP contribution is 2.34. The molecule has 2 rings (SSSR count). The molecule has 0 bridgehead atoms. The number of carbonyl (C=O) groups is 1. The number of thiophene rings is 1. The average molecular weight is 358 g/mol. The molecule has 1 atom stereocenters. The third-order valence-electron chi connectivity index (χ3n) is 2.85. The molecule has 0 aliphatic heterocycles. The summed E-state index contributed by atoms with van der Waals surface area (Å²) in [6.45, 7) is 4.04. The van der Waals surface area contributed by atoms with E-state index in [1.807, 2.05) is 19.1 Å². The van der Waals surface area contributed by atoms with Crippen LogP contribution in [0.5, 0.6) is 0 Å². The fraction of sp³-hybridized carbons (Fsp3) is 0.385. The molecular weight excluding hydrogens is 342 g/mol. The van der Waals surface area contributed by atoms with Crippen molar-refractivity contribution < 1.29 is 9.32 Å². The van der Waals surface area contributed by atoms with E-state index in [1.165, 1.54) is 11.3 Å². The Kier molecular flexibility index (Phi) is 4.82. The SMILES string of the molecule is CCCC(C)NC(=O)c1c(-c2ccc(Br)s2)noc1N. The van der Waals surface area contributed by atoms with Gasteiger partial charge in [-0.2, -0.15) is 0 Å². The lowest BCUT2D eigenvalue weighted by Crippen LogP contribution is -2.32. The van der Waals surface area contributed by atoms with E-state index in [4.69, 9.17) is 10.3 Å². The van der Waals surface area contributed by atoms with Crippen LogP contribution in [0, 0.1) is 0 Å². The fourth-order valence-corrected chi connectivity index (χ4v) is 3.31. The van der Waals surface area contributed by atoms with Crippen LogP contribution in [0.25, 0.3) is 10.6 Å². The maximum absolute atomic E-state index is 12.3. The van der Waals surface area contributed by atoms with Gasteiger partial charge >= 0.3 is 0 Å². The number of nitrogens with two attached hydrogens (primary N) is 1. The lowest BCUT2D eigenvalue weighted by Gasteiger charge is -2.12. The van der Waals surface area contributed by atoms with E-state index >= 15 is 0 Å². The molecule has 20 heavy (non-hydrogen) atoms. The Morgan fingerprint density at radius 3 is 2.95 bits per heavy atom. The normalized spacial score (nSPS) is 12.3. The Morgan fingerprint density at radius 1 is 1.60 bits per heavy atom. The average Bonchev–Trinajstić information content (AvgIpc) is 2.95. The third kappa shape index (κ3) is 3.21. The van der Waals surface area contributed by atoms with E-state index in [9.17, 15) is 4.79 Å². The maximum atomic E-state index is 12.3. The van der Waals surface area contributed by atoms with Crippen LogP contribution >= 0.6 is 27.3 Å². The highest BCUT2D eigenvalue weighted by atomic mass is 79.9. The predicted octanol–water partition coefficient (Wildman–Crippen LogP) is 3.67. The van der Waals surface area contributed by atoms with Gasteiger partial charge in [0.05, 0.1) is 8.66 Å². The minimum Gasteiger partial charge on any atom is -0.367 e. The number of halogens is 1. The first kappa shape index (κ1) is 15.1. The molecule has 3 N–H and O–H groups in total. The van der Waals surface area contributed by atoms with E-state index in [1.54, 1.807) is 0 Å². The number of aromatic nitrogens is 1. The summed E-state index contributed by atoms with van der Waals surface area (Å²) in [5.74, 6) is -0.199. The summed E-state index contributed by atoms with van der Waals surface area (Å²) >= 11 is 4.86. The second-order valence-electron chi connectivity index (χ2n) is 4.54. The standard InChI is InChI=1S/C13H16BrN3O2S/c1-3-4-7(2)16-13(18)10-11(17-19-12(10)15)8-5-6-9(14)20-8/h5-7H,3-4,15H2,1-2H3,(H,16,18). The van der Waals surface area contributed by atoms with Crippen molar-refractivity contribution in [2.24, 2.45) is 0 Å². The van der Waals surface area contributed by atoms with Crippen LogP contribution in [0.1, 0.15) is 37.0 Å². The highest BCUT2D eigenvalue weighted by Gasteiger charge is 2.24. The summed E-state index contributed by atoms with van der Waals surface area (Å²) in [4.78, 5) is 13.2. The molecule has 108 valence electrons. The topological polar surface area (TPSA) is 81.2 Å². The quantitative estimate of drug-likeness (QED) is 0.855. The zero-order chi connectivity index (χ0) is 14.7. The molecule has 2 heterocycles. The number of hydrogen-bond donors (Lipinski definition) is 2. The molecular formula is C13H16BrN3O2S. The number of amides is 1. The monoisotopic (exact) mass is 357 g/mol. The van der Waals surface area contributed by atoms with Crippen molar-refractivity contribution in [3.05, 3.63) is 21.5 Å². The second-order valence-corrected chi connectivity index (χ2v) is 7.00. The number of nitrogens with one attached hydrogen (secondary N) is 1. The van der Waals surface area contributed by atoms with Gasteiger partial charge in [0, 0.05) is 6.04 Å². The minimum atomic E-state index is -0.246. The number of nitrogens with zero attached hydrogens (tertiary/aromatic N) is 1. The molecule has 0 fully saturated rings. The van der Waals surface area contributed by atoms with Crippen LogP contribution in [0.15, 0.2) is 20.4 Å². The van der Waals surface area contributed by atoms with Crippen LogP contribution in [-0.2, 0) is 0 Å². The minimum absolute atomic E-state index is 0.0470. The van der Waals surface area contributed by atoms with E-state index in [-0.39, 0.29) is 17.8 Å². The number of anilines is 1. The van der Waals surface area contributed by atoms with Gasteiger partial charge in [0.2, 0.25) is 5.88 Å². The van der Waals surface area contributed by atoms with Gasteiger partial charge in [-0.05, 0) is 41.4 Å². The Hall–Kier alpha value is -1.34. The number of carbonyl (C=O) groups excluding carboxylic acids is 1. The molecule has 1 unspecified atom stereocenters. The molecule has 0 saturated heterocycles.